The van der Waals surface area contributed by atoms with E-state index in [1.54, 1.807) is 0 Å². The number of carbonyl (C=O) groups is 1. The van der Waals surface area contributed by atoms with Crippen molar-refractivity contribution in [1.29, 1.82) is 0 Å². The molecule has 0 fully saturated rings. The summed E-state index contributed by atoms with van der Waals surface area (Å²) < 4.78 is 5.48. The minimum atomic E-state index is 0.102. The molecule has 1 aromatic carbocycles. The Labute approximate surface area is 113 Å². The fraction of sp³-hybridized carbons (Fsp3) is 0.353. The summed E-state index contributed by atoms with van der Waals surface area (Å²) >= 11 is 0. The highest BCUT2D eigenvalue weighted by Crippen LogP contribution is 2.29. The number of benzene rings is 1. The van der Waals surface area contributed by atoms with Crippen LogP contribution in [0.25, 0.3) is 0 Å². The number of ketones is 1. The van der Waals surface area contributed by atoms with Gasteiger partial charge in [0.25, 0.3) is 0 Å². The summed E-state index contributed by atoms with van der Waals surface area (Å²) in [4.78, 5) is 12.6. The first-order valence-electron chi connectivity index (χ1n) is 6.83. The van der Waals surface area contributed by atoms with Gasteiger partial charge in [0.1, 0.15) is 11.5 Å². The second kappa shape index (κ2) is 4.69. The van der Waals surface area contributed by atoms with Crippen LogP contribution in [0.1, 0.15) is 39.4 Å². The van der Waals surface area contributed by atoms with Crippen LogP contribution in [0.15, 0.2) is 34.7 Å². The summed E-state index contributed by atoms with van der Waals surface area (Å²) in [6.45, 7) is 3.76. The Bertz CT molecular complexity index is 622. The fourth-order valence-corrected chi connectivity index (χ4v) is 3.02. The summed E-state index contributed by atoms with van der Waals surface area (Å²) in [5, 5.41) is 0. The molecule has 0 bridgehead atoms. The lowest BCUT2D eigenvalue weighted by molar-refractivity contribution is 0.0907. The van der Waals surface area contributed by atoms with Crippen LogP contribution in [-0.2, 0) is 12.8 Å². The molecule has 3 rings (SSSR count). The zero-order chi connectivity index (χ0) is 13.4. The molecule has 0 aliphatic heterocycles. The van der Waals surface area contributed by atoms with Gasteiger partial charge >= 0.3 is 0 Å². The maximum absolute atomic E-state index is 12.6. The van der Waals surface area contributed by atoms with Gasteiger partial charge in [-0.2, -0.15) is 0 Å². The van der Waals surface area contributed by atoms with Gasteiger partial charge in [-0.1, -0.05) is 24.3 Å². The van der Waals surface area contributed by atoms with Crippen molar-refractivity contribution in [2.75, 3.05) is 0 Å². The van der Waals surface area contributed by atoms with Crippen LogP contribution in [0, 0.1) is 19.8 Å². The number of furan rings is 1. The summed E-state index contributed by atoms with van der Waals surface area (Å²) in [6.07, 6.45) is 2.81. The van der Waals surface area contributed by atoms with Gasteiger partial charge in [0, 0.05) is 5.92 Å². The fourth-order valence-electron chi connectivity index (χ4n) is 3.02. The Morgan fingerprint density at radius 1 is 1.21 bits per heavy atom. The van der Waals surface area contributed by atoms with E-state index in [9.17, 15) is 4.79 Å². The molecule has 0 saturated carbocycles. The van der Waals surface area contributed by atoms with Crippen molar-refractivity contribution >= 4 is 5.78 Å². The predicted molar refractivity (Wildman–Crippen MR) is 74.5 cm³/mol. The Balaban J connectivity index is 1.85. The topological polar surface area (TPSA) is 30.2 Å². The van der Waals surface area contributed by atoms with Gasteiger partial charge < -0.3 is 4.42 Å². The van der Waals surface area contributed by atoms with Gasteiger partial charge in [0.2, 0.25) is 0 Å². The zero-order valence-electron chi connectivity index (χ0n) is 11.4. The third-order valence-electron chi connectivity index (χ3n) is 4.02. The minimum Gasteiger partial charge on any atom is -0.466 e. The van der Waals surface area contributed by atoms with E-state index in [2.05, 4.69) is 24.3 Å². The Morgan fingerprint density at radius 2 is 1.95 bits per heavy atom. The number of fused-ring (bicyclic) bond motifs is 1. The molecule has 2 aromatic rings. The third-order valence-corrected chi connectivity index (χ3v) is 4.02. The van der Waals surface area contributed by atoms with E-state index in [4.69, 9.17) is 4.42 Å². The second-order valence-electron chi connectivity index (χ2n) is 5.40. The number of aryl methyl sites for hydroxylation is 3. The van der Waals surface area contributed by atoms with E-state index in [-0.39, 0.29) is 11.7 Å². The van der Waals surface area contributed by atoms with Crippen LogP contribution >= 0.6 is 0 Å². The van der Waals surface area contributed by atoms with E-state index in [0.29, 0.717) is 0 Å². The van der Waals surface area contributed by atoms with Crippen LogP contribution in [0.4, 0.5) is 0 Å². The molecule has 0 spiro atoms. The third kappa shape index (κ3) is 2.23. The molecule has 19 heavy (non-hydrogen) atoms. The second-order valence-corrected chi connectivity index (χ2v) is 5.40. The number of rotatable bonds is 2. The van der Waals surface area contributed by atoms with Crippen molar-refractivity contribution in [2.45, 2.75) is 33.1 Å². The lowest BCUT2D eigenvalue weighted by Gasteiger charge is -2.23. The number of carbonyl (C=O) groups excluding carboxylic acids is 1. The van der Waals surface area contributed by atoms with Gasteiger partial charge in [0.05, 0.1) is 5.56 Å². The SMILES string of the molecule is Cc1cc(C(=O)C2CCc3ccccc3C2)c(C)o1. The Hall–Kier alpha value is -1.83. The van der Waals surface area contributed by atoms with Crippen molar-refractivity contribution in [2.24, 2.45) is 5.92 Å². The van der Waals surface area contributed by atoms with E-state index >= 15 is 0 Å². The van der Waals surface area contributed by atoms with Gasteiger partial charge in [-0.15, -0.1) is 0 Å². The molecule has 1 heterocycles. The number of hydrogen-bond donors (Lipinski definition) is 0. The van der Waals surface area contributed by atoms with Crippen molar-refractivity contribution in [1.82, 2.24) is 0 Å². The van der Waals surface area contributed by atoms with Crippen LogP contribution in [0.3, 0.4) is 0 Å². The van der Waals surface area contributed by atoms with Crippen LogP contribution in [0.5, 0.6) is 0 Å². The molecule has 0 saturated heterocycles. The molecule has 2 heteroatoms. The van der Waals surface area contributed by atoms with Crippen LogP contribution in [0.2, 0.25) is 0 Å². The van der Waals surface area contributed by atoms with E-state index < -0.39 is 0 Å². The number of Topliss-reactive ketones (excluding diaryl/α,β-unsaturated/α-hetero) is 1. The largest absolute Gasteiger partial charge is 0.466 e. The molecular weight excluding hydrogens is 236 g/mol. The monoisotopic (exact) mass is 254 g/mol. The lowest BCUT2D eigenvalue weighted by Crippen LogP contribution is -2.23. The van der Waals surface area contributed by atoms with Crippen LogP contribution in [-0.4, -0.2) is 5.78 Å². The molecule has 98 valence electrons. The molecule has 2 nitrogen and oxygen atoms in total. The van der Waals surface area contributed by atoms with Gasteiger partial charge in [-0.3, -0.25) is 4.79 Å². The first-order valence-corrected chi connectivity index (χ1v) is 6.83. The van der Waals surface area contributed by atoms with Crippen molar-refractivity contribution in [3.8, 4) is 0 Å². The minimum absolute atomic E-state index is 0.102. The quantitative estimate of drug-likeness (QED) is 0.761. The first-order chi connectivity index (χ1) is 9.15. The van der Waals surface area contributed by atoms with Crippen molar-refractivity contribution in [3.05, 3.63) is 58.5 Å². The highest BCUT2D eigenvalue weighted by Gasteiger charge is 2.27. The predicted octanol–water partition coefficient (Wildman–Crippen LogP) is 3.88. The van der Waals surface area contributed by atoms with E-state index in [0.717, 1.165) is 36.3 Å². The normalized spacial score (nSPS) is 18.1. The Kier molecular flexibility index (Phi) is 3.02. The molecule has 1 unspecified atom stereocenters. The number of hydrogen-bond acceptors (Lipinski definition) is 2. The summed E-state index contributed by atoms with van der Waals surface area (Å²) in [5.74, 6) is 1.91. The molecule has 1 aliphatic carbocycles. The summed E-state index contributed by atoms with van der Waals surface area (Å²) in [7, 11) is 0. The highest BCUT2D eigenvalue weighted by atomic mass is 16.3. The lowest BCUT2D eigenvalue weighted by atomic mass is 9.80. The van der Waals surface area contributed by atoms with Gasteiger partial charge in [0.15, 0.2) is 5.78 Å². The van der Waals surface area contributed by atoms with E-state index in [1.807, 2.05) is 19.9 Å². The zero-order valence-corrected chi connectivity index (χ0v) is 11.4. The summed E-state index contributed by atoms with van der Waals surface area (Å²) in [5.41, 5.74) is 3.48. The molecule has 0 N–H and O–H groups in total. The van der Waals surface area contributed by atoms with Crippen LogP contribution < -0.4 is 0 Å². The van der Waals surface area contributed by atoms with Crippen molar-refractivity contribution in [3.63, 3.8) is 0 Å². The smallest absolute Gasteiger partial charge is 0.169 e. The summed E-state index contributed by atoms with van der Waals surface area (Å²) in [6, 6.07) is 10.3. The average molecular weight is 254 g/mol. The average Bonchev–Trinajstić information content (AvgIpc) is 2.76. The molecule has 1 aliphatic rings. The maximum atomic E-state index is 12.6. The molecule has 1 atom stereocenters. The van der Waals surface area contributed by atoms with E-state index in [1.165, 1.54) is 11.1 Å². The molecule has 1 aromatic heterocycles. The molecule has 0 radical (unpaired) electrons. The first kappa shape index (κ1) is 12.2. The molecular formula is C17H18O2. The van der Waals surface area contributed by atoms with Gasteiger partial charge in [-0.05, 0) is 50.3 Å². The maximum Gasteiger partial charge on any atom is 0.169 e. The highest BCUT2D eigenvalue weighted by molar-refractivity contribution is 5.99. The Morgan fingerprint density at radius 3 is 2.63 bits per heavy atom. The molecule has 0 amide bonds. The van der Waals surface area contributed by atoms with Crippen molar-refractivity contribution < 1.29 is 9.21 Å². The standard InChI is InChI=1S/C17H18O2/c1-11-9-16(12(2)19-11)17(18)15-8-7-13-5-3-4-6-14(13)10-15/h3-6,9,15H,7-8,10H2,1-2H3. The van der Waals surface area contributed by atoms with Gasteiger partial charge in [-0.25, -0.2) is 0 Å².